The molecule has 0 saturated heterocycles. The molecule has 0 aliphatic heterocycles. The molecule has 1 N–H and O–H groups in total. The highest BCUT2D eigenvalue weighted by Gasteiger charge is 1.95. The van der Waals surface area contributed by atoms with E-state index in [1.165, 1.54) is 0 Å². The predicted octanol–water partition coefficient (Wildman–Crippen LogP) is -0.614. The highest BCUT2D eigenvalue weighted by molar-refractivity contribution is 6.05. The summed E-state index contributed by atoms with van der Waals surface area (Å²) in [7, 11) is 4.48. The Bertz CT molecular complexity index is 73.7. The fourth-order valence-corrected chi connectivity index (χ4v) is 0.282. The largest absolute Gasteiger partial charge is 0.543 e. The molecule has 0 aliphatic rings. The summed E-state index contributed by atoms with van der Waals surface area (Å²) in [5, 5.41) is 8.16. The summed E-state index contributed by atoms with van der Waals surface area (Å²) in [6.07, 6.45) is 0.600. The first-order valence-corrected chi connectivity index (χ1v) is 2.31. The van der Waals surface area contributed by atoms with Crippen molar-refractivity contribution in [1.29, 1.82) is 0 Å². The van der Waals surface area contributed by atoms with Gasteiger partial charge in [0.2, 0.25) is 0 Å². The monoisotopic (exact) mass is 114 g/mol. The van der Waals surface area contributed by atoms with Crippen molar-refractivity contribution >= 4 is 14.0 Å². The predicted molar refractivity (Wildman–Crippen MR) is 28.2 cm³/mol. The standard InChI is InChI=1S/C4H7BO3/c5-8-4(7)2-1-3-6/h6H,1-3H2. The number of aliphatic hydroxyl groups excluding tert-OH is 1. The lowest BCUT2D eigenvalue weighted by Gasteiger charge is -1.94. The van der Waals surface area contributed by atoms with Crippen molar-refractivity contribution in [2.45, 2.75) is 12.8 Å². The fourth-order valence-electron chi connectivity index (χ4n) is 0.282. The van der Waals surface area contributed by atoms with Gasteiger partial charge in [-0.3, -0.25) is 4.79 Å². The maximum atomic E-state index is 10.1. The van der Waals surface area contributed by atoms with Crippen LogP contribution in [-0.2, 0) is 9.45 Å². The molecular weight excluding hydrogens is 107 g/mol. The summed E-state index contributed by atoms with van der Waals surface area (Å²) in [5.41, 5.74) is 0. The van der Waals surface area contributed by atoms with E-state index < -0.39 is 5.97 Å². The molecule has 3 nitrogen and oxygen atoms in total. The first kappa shape index (κ1) is 7.49. The average molecular weight is 114 g/mol. The summed E-state index contributed by atoms with van der Waals surface area (Å²) in [5.74, 6) is -0.487. The molecule has 0 fully saturated rings. The lowest BCUT2D eigenvalue weighted by molar-refractivity contribution is -0.134. The van der Waals surface area contributed by atoms with Crippen LogP contribution in [0.3, 0.4) is 0 Å². The van der Waals surface area contributed by atoms with Crippen LogP contribution < -0.4 is 0 Å². The van der Waals surface area contributed by atoms with Gasteiger partial charge in [0.05, 0.1) is 0 Å². The second-order valence-corrected chi connectivity index (χ2v) is 1.32. The van der Waals surface area contributed by atoms with Crippen LogP contribution in [0.5, 0.6) is 0 Å². The highest BCUT2D eigenvalue weighted by Crippen LogP contribution is 1.87. The average Bonchev–Trinajstić information content (AvgIpc) is 1.83. The zero-order valence-corrected chi connectivity index (χ0v) is 4.46. The molecule has 0 rings (SSSR count). The summed E-state index contributed by atoms with van der Waals surface area (Å²) >= 11 is 0. The Hall–Kier alpha value is -0.505. The first-order valence-electron chi connectivity index (χ1n) is 2.31. The van der Waals surface area contributed by atoms with Crippen molar-refractivity contribution in [2.24, 2.45) is 0 Å². The number of carbonyl (C=O) groups excluding carboxylic acids is 1. The minimum atomic E-state index is -0.487. The normalized spacial score (nSPS) is 8.62. The molecule has 0 amide bonds. The van der Waals surface area contributed by atoms with Crippen LogP contribution in [-0.4, -0.2) is 25.7 Å². The third kappa shape index (κ3) is 3.68. The maximum Gasteiger partial charge on any atom is 0.378 e. The smallest absolute Gasteiger partial charge is 0.378 e. The van der Waals surface area contributed by atoms with E-state index in [-0.39, 0.29) is 13.0 Å². The van der Waals surface area contributed by atoms with Crippen LogP contribution in [0.4, 0.5) is 0 Å². The lowest BCUT2D eigenvalue weighted by atomic mass is 10.3. The van der Waals surface area contributed by atoms with E-state index in [9.17, 15) is 4.79 Å². The zero-order chi connectivity index (χ0) is 6.41. The molecule has 0 unspecified atom stereocenters. The third-order valence-corrected chi connectivity index (χ3v) is 0.670. The Labute approximate surface area is 49.1 Å². The van der Waals surface area contributed by atoms with Crippen LogP contribution in [0, 0.1) is 0 Å². The number of hydrogen-bond acceptors (Lipinski definition) is 3. The van der Waals surface area contributed by atoms with E-state index in [1.54, 1.807) is 0 Å². The Kier molecular flexibility index (Phi) is 4.36. The van der Waals surface area contributed by atoms with E-state index in [2.05, 4.69) is 12.7 Å². The van der Waals surface area contributed by atoms with Crippen molar-refractivity contribution in [3.8, 4) is 0 Å². The van der Waals surface area contributed by atoms with Crippen molar-refractivity contribution in [2.75, 3.05) is 6.61 Å². The molecule has 2 radical (unpaired) electrons. The molecule has 0 atom stereocenters. The molecule has 0 bridgehead atoms. The number of aliphatic hydroxyl groups is 1. The third-order valence-electron chi connectivity index (χ3n) is 0.670. The Balaban J connectivity index is 2.99. The highest BCUT2D eigenvalue weighted by atomic mass is 16.5. The van der Waals surface area contributed by atoms with Crippen molar-refractivity contribution in [3.05, 3.63) is 0 Å². The quantitative estimate of drug-likeness (QED) is 0.497. The summed E-state index contributed by atoms with van der Waals surface area (Å²) in [4.78, 5) is 10.1. The van der Waals surface area contributed by atoms with E-state index in [0.717, 1.165) is 0 Å². The van der Waals surface area contributed by atoms with Gasteiger partial charge in [0, 0.05) is 13.0 Å². The molecule has 0 aliphatic carbocycles. The van der Waals surface area contributed by atoms with Crippen LogP contribution >= 0.6 is 0 Å². The Morgan fingerprint density at radius 2 is 2.38 bits per heavy atom. The molecule has 0 spiro atoms. The van der Waals surface area contributed by atoms with E-state index in [0.29, 0.717) is 6.42 Å². The zero-order valence-electron chi connectivity index (χ0n) is 4.46. The van der Waals surface area contributed by atoms with Crippen molar-refractivity contribution in [3.63, 3.8) is 0 Å². The number of hydrogen-bond donors (Lipinski definition) is 1. The van der Waals surface area contributed by atoms with Gasteiger partial charge in [0.25, 0.3) is 5.97 Å². The van der Waals surface area contributed by atoms with Gasteiger partial charge in [-0.25, -0.2) is 0 Å². The maximum absolute atomic E-state index is 10.1. The SMILES string of the molecule is [B]OC(=O)CCCO. The van der Waals surface area contributed by atoms with E-state index >= 15 is 0 Å². The lowest BCUT2D eigenvalue weighted by Crippen LogP contribution is -2.01. The van der Waals surface area contributed by atoms with Gasteiger partial charge in [0.1, 0.15) is 0 Å². The van der Waals surface area contributed by atoms with Crippen LogP contribution in [0.2, 0.25) is 0 Å². The van der Waals surface area contributed by atoms with E-state index in [1.807, 2.05) is 0 Å². The summed E-state index contributed by atoms with van der Waals surface area (Å²) < 4.78 is 3.80. The molecule has 0 aromatic rings. The van der Waals surface area contributed by atoms with Crippen molar-refractivity contribution in [1.82, 2.24) is 0 Å². The number of rotatable bonds is 3. The molecule has 0 aromatic carbocycles. The first-order chi connectivity index (χ1) is 3.81. The summed E-state index contributed by atoms with van der Waals surface area (Å²) in [6.45, 7) is -0.00486. The van der Waals surface area contributed by atoms with Crippen molar-refractivity contribution < 1.29 is 14.6 Å². The summed E-state index contributed by atoms with van der Waals surface area (Å²) in [6, 6.07) is 0. The second-order valence-electron chi connectivity index (χ2n) is 1.32. The van der Waals surface area contributed by atoms with Crippen LogP contribution in [0.15, 0.2) is 0 Å². The second kappa shape index (κ2) is 4.65. The Morgan fingerprint density at radius 3 is 2.75 bits per heavy atom. The van der Waals surface area contributed by atoms with Gasteiger partial charge in [-0.15, -0.1) is 0 Å². The molecule has 0 heterocycles. The minimum Gasteiger partial charge on any atom is -0.543 e. The van der Waals surface area contributed by atoms with Crippen LogP contribution in [0.1, 0.15) is 12.8 Å². The fraction of sp³-hybridized carbons (Fsp3) is 0.750. The van der Waals surface area contributed by atoms with Gasteiger partial charge < -0.3 is 9.76 Å². The van der Waals surface area contributed by atoms with Gasteiger partial charge >= 0.3 is 8.05 Å². The topological polar surface area (TPSA) is 46.5 Å². The molecule has 4 heteroatoms. The molecule has 44 valence electrons. The molecule has 0 aromatic heterocycles. The van der Waals surface area contributed by atoms with Gasteiger partial charge in [-0.1, -0.05) is 0 Å². The van der Waals surface area contributed by atoms with Gasteiger partial charge in [-0.05, 0) is 6.42 Å². The van der Waals surface area contributed by atoms with Gasteiger partial charge in [-0.2, -0.15) is 0 Å². The molecular formula is C4H7BO3. The van der Waals surface area contributed by atoms with Gasteiger partial charge in [0.15, 0.2) is 0 Å². The van der Waals surface area contributed by atoms with E-state index in [4.69, 9.17) is 5.11 Å². The Morgan fingerprint density at radius 1 is 1.75 bits per heavy atom. The minimum absolute atomic E-state index is 0.00486. The number of carbonyl (C=O) groups is 1. The van der Waals surface area contributed by atoms with Crippen LogP contribution in [0.25, 0.3) is 0 Å². The molecule has 8 heavy (non-hydrogen) atoms. The molecule has 0 saturated carbocycles.